The first kappa shape index (κ1) is 11.7. The molecule has 0 saturated heterocycles. The Labute approximate surface area is 90.9 Å². The van der Waals surface area contributed by atoms with Gasteiger partial charge in [-0.2, -0.15) is 0 Å². The average Bonchev–Trinajstić information content (AvgIpc) is 2.27. The number of carbonyl (C=O) groups is 1. The van der Waals surface area contributed by atoms with Crippen LogP contribution in [-0.4, -0.2) is 23.4 Å². The number of hydrogen-bond acceptors (Lipinski definition) is 5. The number of phenols is 1. The topological polar surface area (TPSA) is 89.7 Å². The summed E-state index contributed by atoms with van der Waals surface area (Å²) in [4.78, 5) is 20.0. The quantitative estimate of drug-likeness (QED) is 0.361. The van der Waals surface area contributed by atoms with Gasteiger partial charge in [-0.15, -0.1) is 0 Å². The van der Waals surface area contributed by atoms with E-state index in [1.165, 1.54) is 25.3 Å². The van der Waals surface area contributed by atoms with E-state index in [1.54, 1.807) is 0 Å². The van der Waals surface area contributed by atoms with Crippen LogP contribution in [0.15, 0.2) is 18.2 Å². The van der Waals surface area contributed by atoms with Crippen molar-refractivity contribution in [2.45, 2.75) is 0 Å². The molecule has 1 aromatic rings. The Kier molecular flexibility index (Phi) is 3.60. The standard InChI is InChI=1S/C10H9NO5/c1-16-9-6-7(3-2-4-12)5-8(10(9)13)11(14)15/h2-6,13H,1H3. The molecule has 6 nitrogen and oxygen atoms in total. The summed E-state index contributed by atoms with van der Waals surface area (Å²) >= 11 is 0. The molecule has 0 fully saturated rings. The molecule has 0 saturated carbocycles. The van der Waals surface area contributed by atoms with Gasteiger partial charge in [-0.3, -0.25) is 14.9 Å². The van der Waals surface area contributed by atoms with Crippen molar-refractivity contribution in [3.63, 3.8) is 0 Å². The number of benzene rings is 1. The zero-order chi connectivity index (χ0) is 12.1. The number of hydrogen-bond donors (Lipinski definition) is 1. The number of carbonyl (C=O) groups excluding carboxylic acids is 1. The van der Waals surface area contributed by atoms with Crippen LogP contribution in [-0.2, 0) is 4.79 Å². The van der Waals surface area contributed by atoms with Gasteiger partial charge in [0.1, 0.15) is 6.29 Å². The SMILES string of the molecule is COc1cc(C=CC=O)cc([N+](=O)[O-])c1O. The first-order valence-corrected chi connectivity index (χ1v) is 4.27. The molecular weight excluding hydrogens is 214 g/mol. The van der Waals surface area contributed by atoms with Gasteiger partial charge in [-0.1, -0.05) is 6.08 Å². The molecule has 84 valence electrons. The van der Waals surface area contributed by atoms with Crippen LogP contribution in [0.1, 0.15) is 5.56 Å². The number of nitro groups is 1. The monoisotopic (exact) mass is 223 g/mol. The summed E-state index contributed by atoms with van der Waals surface area (Å²) < 4.78 is 4.78. The van der Waals surface area contributed by atoms with Gasteiger partial charge in [0.05, 0.1) is 12.0 Å². The maximum absolute atomic E-state index is 10.6. The molecule has 6 heteroatoms. The van der Waals surface area contributed by atoms with Gasteiger partial charge in [-0.25, -0.2) is 0 Å². The van der Waals surface area contributed by atoms with Crippen LogP contribution < -0.4 is 4.74 Å². The number of aldehydes is 1. The highest BCUT2D eigenvalue weighted by molar-refractivity contribution is 5.75. The van der Waals surface area contributed by atoms with E-state index >= 15 is 0 Å². The summed E-state index contributed by atoms with van der Waals surface area (Å²) in [5.74, 6) is -0.546. The normalized spacial score (nSPS) is 10.3. The fraction of sp³-hybridized carbons (Fsp3) is 0.100. The second kappa shape index (κ2) is 4.92. The first-order valence-electron chi connectivity index (χ1n) is 4.27. The Balaban J connectivity index is 3.33. The molecular formula is C10H9NO5. The van der Waals surface area contributed by atoms with Gasteiger partial charge < -0.3 is 9.84 Å². The molecule has 0 radical (unpaired) electrons. The van der Waals surface area contributed by atoms with Gasteiger partial charge in [0.25, 0.3) is 0 Å². The van der Waals surface area contributed by atoms with Crippen LogP contribution in [0.4, 0.5) is 5.69 Å². The van der Waals surface area contributed by atoms with E-state index in [-0.39, 0.29) is 5.75 Å². The van der Waals surface area contributed by atoms with E-state index < -0.39 is 16.4 Å². The molecule has 1 aromatic carbocycles. The van der Waals surface area contributed by atoms with Crippen molar-refractivity contribution in [1.82, 2.24) is 0 Å². The van der Waals surface area contributed by atoms with E-state index in [4.69, 9.17) is 4.74 Å². The highest BCUT2D eigenvalue weighted by atomic mass is 16.6. The minimum Gasteiger partial charge on any atom is -0.500 e. The Bertz CT molecular complexity index is 453. The maximum Gasteiger partial charge on any atom is 0.315 e. The molecule has 0 amide bonds. The Morgan fingerprint density at radius 2 is 2.19 bits per heavy atom. The third kappa shape index (κ3) is 2.35. The van der Waals surface area contributed by atoms with Gasteiger partial charge in [0, 0.05) is 6.07 Å². The van der Waals surface area contributed by atoms with E-state index in [9.17, 15) is 20.0 Å². The molecule has 1 rings (SSSR count). The molecule has 0 bridgehead atoms. The number of nitro benzene ring substituents is 1. The summed E-state index contributed by atoms with van der Waals surface area (Å²) in [6.07, 6.45) is 3.11. The van der Waals surface area contributed by atoms with Crippen LogP contribution in [0.3, 0.4) is 0 Å². The van der Waals surface area contributed by atoms with Crippen LogP contribution >= 0.6 is 0 Å². The molecule has 0 aliphatic rings. The lowest BCUT2D eigenvalue weighted by atomic mass is 10.1. The molecule has 0 aliphatic carbocycles. The fourth-order valence-electron chi connectivity index (χ4n) is 1.16. The fourth-order valence-corrected chi connectivity index (χ4v) is 1.16. The number of rotatable bonds is 4. The van der Waals surface area contributed by atoms with Gasteiger partial charge in [0.15, 0.2) is 5.75 Å². The first-order chi connectivity index (χ1) is 7.60. The van der Waals surface area contributed by atoms with Crippen molar-refractivity contribution in [1.29, 1.82) is 0 Å². The maximum atomic E-state index is 10.6. The molecule has 1 N–H and O–H groups in total. The van der Waals surface area contributed by atoms with Crippen molar-refractivity contribution in [2.24, 2.45) is 0 Å². The molecule has 0 aromatic heterocycles. The molecule has 0 unspecified atom stereocenters. The summed E-state index contributed by atoms with van der Waals surface area (Å²) in [5.41, 5.74) is -0.0710. The molecule has 0 aliphatic heterocycles. The number of ether oxygens (including phenoxy) is 1. The summed E-state index contributed by atoms with van der Waals surface area (Å²) in [5, 5.41) is 20.1. The van der Waals surface area contributed by atoms with Gasteiger partial charge in [0.2, 0.25) is 5.75 Å². The Morgan fingerprint density at radius 3 is 2.69 bits per heavy atom. The molecule has 0 spiro atoms. The minimum atomic E-state index is -0.726. The number of allylic oxidation sites excluding steroid dienone is 1. The lowest BCUT2D eigenvalue weighted by Gasteiger charge is -2.04. The average molecular weight is 223 g/mol. The minimum absolute atomic E-state index is 0.0141. The third-order valence-corrected chi connectivity index (χ3v) is 1.86. The smallest absolute Gasteiger partial charge is 0.315 e. The van der Waals surface area contributed by atoms with Gasteiger partial charge in [-0.05, 0) is 17.7 Å². The third-order valence-electron chi connectivity index (χ3n) is 1.86. The van der Waals surface area contributed by atoms with Gasteiger partial charge >= 0.3 is 5.69 Å². The van der Waals surface area contributed by atoms with Crippen LogP contribution in [0.5, 0.6) is 11.5 Å². The van der Waals surface area contributed by atoms with E-state index in [0.29, 0.717) is 11.8 Å². The van der Waals surface area contributed by atoms with E-state index in [2.05, 4.69) is 0 Å². The molecule has 16 heavy (non-hydrogen) atoms. The second-order valence-corrected chi connectivity index (χ2v) is 2.84. The Morgan fingerprint density at radius 1 is 1.50 bits per heavy atom. The molecule has 0 atom stereocenters. The van der Waals surface area contributed by atoms with Crippen molar-refractivity contribution in [3.8, 4) is 11.5 Å². The van der Waals surface area contributed by atoms with Crippen molar-refractivity contribution >= 4 is 18.0 Å². The summed E-state index contributed by atoms with van der Waals surface area (Å²) in [6.45, 7) is 0. The second-order valence-electron chi connectivity index (χ2n) is 2.84. The van der Waals surface area contributed by atoms with Crippen LogP contribution in [0, 0.1) is 10.1 Å². The van der Waals surface area contributed by atoms with Crippen molar-refractivity contribution in [3.05, 3.63) is 33.9 Å². The highest BCUT2D eigenvalue weighted by Gasteiger charge is 2.18. The van der Waals surface area contributed by atoms with Crippen LogP contribution in [0.2, 0.25) is 0 Å². The largest absolute Gasteiger partial charge is 0.500 e. The number of methoxy groups -OCH3 is 1. The van der Waals surface area contributed by atoms with E-state index in [1.807, 2.05) is 0 Å². The summed E-state index contributed by atoms with van der Waals surface area (Å²) in [6, 6.07) is 2.54. The molecule has 0 heterocycles. The van der Waals surface area contributed by atoms with E-state index in [0.717, 1.165) is 6.07 Å². The number of aromatic hydroxyl groups is 1. The van der Waals surface area contributed by atoms with Crippen molar-refractivity contribution in [2.75, 3.05) is 7.11 Å². The summed E-state index contributed by atoms with van der Waals surface area (Å²) in [7, 11) is 1.28. The zero-order valence-electron chi connectivity index (χ0n) is 8.41. The van der Waals surface area contributed by atoms with Crippen LogP contribution in [0.25, 0.3) is 6.08 Å². The number of phenolic OH excluding ortho intramolecular Hbond substituents is 1. The lowest BCUT2D eigenvalue weighted by Crippen LogP contribution is -1.93. The lowest BCUT2D eigenvalue weighted by molar-refractivity contribution is -0.386. The predicted molar refractivity (Wildman–Crippen MR) is 56.4 cm³/mol. The highest BCUT2D eigenvalue weighted by Crippen LogP contribution is 2.37. The van der Waals surface area contributed by atoms with Crippen molar-refractivity contribution < 1.29 is 19.6 Å². The number of nitrogens with zero attached hydrogens (tertiary/aromatic N) is 1. The predicted octanol–water partition coefficient (Wildman–Crippen LogP) is 1.52. The zero-order valence-corrected chi connectivity index (χ0v) is 8.41. The Hall–Kier alpha value is -2.37.